The largest absolute Gasteiger partial charge is 0.339 e. The van der Waals surface area contributed by atoms with Gasteiger partial charge in [0.1, 0.15) is 0 Å². The van der Waals surface area contributed by atoms with E-state index in [9.17, 15) is 0 Å². The molecule has 114 valence electrons. The van der Waals surface area contributed by atoms with Gasteiger partial charge in [0.25, 0.3) is 0 Å². The molecule has 2 unspecified atom stereocenters. The lowest BCUT2D eigenvalue weighted by Gasteiger charge is -2.29. The Morgan fingerprint density at radius 1 is 1.35 bits per heavy atom. The molecule has 0 spiro atoms. The van der Waals surface area contributed by atoms with Crippen LogP contribution in [0.3, 0.4) is 0 Å². The molecular weight excluding hydrogens is 270 g/mol. The topological polar surface area (TPSA) is 51.0 Å². The van der Waals surface area contributed by atoms with E-state index in [-0.39, 0.29) is 0 Å². The lowest BCUT2D eigenvalue weighted by molar-refractivity contribution is 0.262. The standard InChI is InChI=1S/C15H27N3OS/c1-4-9-16-13-8-6-5-7-12(13)15-17-14(18-19-15)10-20-11(2)3/h11-13,16H,4-10H2,1-3H3. The summed E-state index contributed by atoms with van der Waals surface area (Å²) < 4.78 is 5.53. The van der Waals surface area contributed by atoms with E-state index >= 15 is 0 Å². The van der Waals surface area contributed by atoms with Crippen LogP contribution in [0.15, 0.2) is 4.52 Å². The van der Waals surface area contributed by atoms with E-state index in [0.29, 0.717) is 17.2 Å². The molecule has 1 heterocycles. The molecule has 0 amide bonds. The lowest BCUT2D eigenvalue weighted by Crippen LogP contribution is -2.37. The van der Waals surface area contributed by atoms with Crippen LogP contribution in [0.2, 0.25) is 0 Å². The van der Waals surface area contributed by atoms with Crippen LogP contribution in [-0.2, 0) is 5.75 Å². The van der Waals surface area contributed by atoms with Gasteiger partial charge in [-0.1, -0.05) is 38.8 Å². The van der Waals surface area contributed by atoms with Gasteiger partial charge in [-0.2, -0.15) is 16.7 Å². The molecule has 0 bridgehead atoms. The van der Waals surface area contributed by atoms with E-state index in [2.05, 4.69) is 36.2 Å². The zero-order valence-electron chi connectivity index (χ0n) is 12.9. The summed E-state index contributed by atoms with van der Waals surface area (Å²) in [5, 5.41) is 8.39. The Hall–Kier alpha value is -0.550. The van der Waals surface area contributed by atoms with E-state index in [1.165, 1.54) is 32.1 Å². The zero-order valence-corrected chi connectivity index (χ0v) is 13.7. The van der Waals surface area contributed by atoms with Gasteiger partial charge in [0.2, 0.25) is 5.89 Å². The summed E-state index contributed by atoms with van der Waals surface area (Å²) in [5.41, 5.74) is 0. The molecule has 1 aromatic rings. The normalized spacial score (nSPS) is 23.4. The molecule has 1 fully saturated rings. The Morgan fingerprint density at radius 3 is 2.90 bits per heavy atom. The fourth-order valence-electron chi connectivity index (χ4n) is 2.72. The van der Waals surface area contributed by atoms with Gasteiger partial charge < -0.3 is 9.84 Å². The summed E-state index contributed by atoms with van der Waals surface area (Å²) in [6.45, 7) is 7.67. The maximum absolute atomic E-state index is 5.53. The Kier molecular flexibility index (Phi) is 6.36. The number of rotatable bonds is 7. The van der Waals surface area contributed by atoms with Crippen molar-refractivity contribution in [1.82, 2.24) is 15.5 Å². The van der Waals surface area contributed by atoms with Crippen molar-refractivity contribution in [2.24, 2.45) is 0 Å². The number of hydrogen-bond donors (Lipinski definition) is 1. The molecule has 0 radical (unpaired) electrons. The molecule has 4 nitrogen and oxygen atoms in total. The van der Waals surface area contributed by atoms with E-state index < -0.39 is 0 Å². The molecule has 1 aliphatic carbocycles. The van der Waals surface area contributed by atoms with Crippen LogP contribution >= 0.6 is 11.8 Å². The minimum absolute atomic E-state index is 0.403. The first-order chi connectivity index (χ1) is 9.70. The Balaban J connectivity index is 1.96. The molecule has 0 aliphatic heterocycles. The SMILES string of the molecule is CCCNC1CCCCC1c1nc(CSC(C)C)no1. The van der Waals surface area contributed by atoms with Gasteiger partial charge in [-0.05, 0) is 31.1 Å². The summed E-state index contributed by atoms with van der Waals surface area (Å²) >= 11 is 1.86. The van der Waals surface area contributed by atoms with Crippen molar-refractivity contribution in [1.29, 1.82) is 0 Å². The predicted molar refractivity (Wildman–Crippen MR) is 84.0 cm³/mol. The molecule has 20 heavy (non-hydrogen) atoms. The molecule has 5 heteroatoms. The lowest BCUT2D eigenvalue weighted by atomic mass is 9.84. The van der Waals surface area contributed by atoms with Crippen molar-refractivity contribution in [3.63, 3.8) is 0 Å². The Bertz CT molecular complexity index is 394. The predicted octanol–water partition coefficient (Wildman–Crippen LogP) is 3.74. The molecule has 2 rings (SSSR count). The second-order valence-corrected chi connectivity index (χ2v) is 7.42. The highest BCUT2D eigenvalue weighted by Crippen LogP contribution is 2.32. The van der Waals surface area contributed by atoms with Crippen LogP contribution in [0.5, 0.6) is 0 Å². The van der Waals surface area contributed by atoms with Crippen molar-refractivity contribution in [3.05, 3.63) is 11.7 Å². The van der Waals surface area contributed by atoms with Gasteiger partial charge in [0.05, 0.1) is 11.7 Å². The molecule has 0 aromatic carbocycles. The third kappa shape index (κ3) is 4.48. The molecule has 1 aliphatic rings. The number of nitrogens with zero attached hydrogens (tertiary/aromatic N) is 2. The quantitative estimate of drug-likeness (QED) is 0.831. The van der Waals surface area contributed by atoms with Crippen LogP contribution in [0.1, 0.15) is 70.5 Å². The smallest absolute Gasteiger partial charge is 0.231 e. The highest BCUT2D eigenvalue weighted by molar-refractivity contribution is 7.99. The fraction of sp³-hybridized carbons (Fsp3) is 0.867. The van der Waals surface area contributed by atoms with E-state index in [0.717, 1.165) is 24.0 Å². The van der Waals surface area contributed by atoms with Gasteiger partial charge in [0, 0.05) is 6.04 Å². The minimum atomic E-state index is 0.403. The van der Waals surface area contributed by atoms with Gasteiger partial charge in [-0.3, -0.25) is 0 Å². The third-order valence-corrected chi connectivity index (χ3v) is 4.86. The maximum atomic E-state index is 5.53. The first-order valence-electron chi connectivity index (χ1n) is 7.88. The van der Waals surface area contributed by atoms with Gasteiger partial charge in [-0.15, -0.1) is 0 Å². The van der Waals surface area contributed by atoms with Crippen molar-refractivity contribution in [2.45, 2.75) is 75.8 Å². The molecule has 1 saturated carbocycles. The average molecular weight is 297 g/mol. The van der Waals surface area contributed by atoms with Crippen molar-refractivity contribution in [2.75, 3.05) is 6.54 Å². The second-order valence-electron chi connectivity index (χ2n) is 5.86. The molecule has 2 atom stereocenters. The monoisotopic (exact) mass is 297 g/mol. The van der Waals surface area contributed by atoms with E-state index in [4.69, 9.17) is 4.52 Å². The summed E-state index contributed by atoms with van der Waals surface area (Å²) in [6, 6.07) is 0.509. The van der Waals surface area contributed by atoms with E-state index in [1.807, 2.05) is 11.8 Å². The summed E-state index contributed by atoms with van der Waals surface area (Å²) in [4.78, 5) is 4.63. The van der Waals surface area contributed by atoms with Crippen LogP contribution in [0.4, 0.5) is 0 Å². The van der Waals surface area contributed by atoms with E-state index in [1.54, 1.807) is 0 Å². The summed E-state index contributed by atoms with van der Waals surface area (Å²) in [6.07, 6.45) is 6.14. The van der Waals surface area contributed by atoms with Crippen molar-refractivity contribution < 1.29 is 4.52 Å². The molecule has 1 N–H and O–H groups in total. The maximum Gasteiger partial charge on any atom is 0.231 e. The first kappa shape index (κ1) is 15.8. The van der Waals surface area contributed by atoms with Crippen LogP contribution < -0.4 is 5.32 Å². The van der Waals surface area contributed by atoms with Crippen molar-refractivity contribution >= 4 is 11.8 Å². The van der Waals surface area contributed by atoms with Crippen LogP contribution in [0.25, 0.3) is 0 Å². The third-order valence-electron chi connectivity index (χ3n) is 3.77. The van der Waals surface area contributed by atoms with Crippen molar-refractivity contribution in [3.8, 4) is 0 Å². The number of nitrogens with one attached hydrogen (secondary N) is 1. The Labute approximate surface area is 126 Å². The first-order valence-corrected chi connectivity index (χ1v) is 8.93. The highest BCUT2D eigenvalue weighted by atomic mass is 32.2. The molecule has 0 saturated heterocycles. The number of aromatic nitrogens is 2. The molecular formula is C15H27N3OS. The van der Waals surface area contributed by atoms with Gasteiger partial charge in [-0.25, -0.2) is 0 Å². The summed E-state index contributed by atoms with van der Waals surface area (Å²) in [7, 11) is 0. The highest BCUT2D eigenvalue weighted by Gasteiger charge is 2.30. The van der Waals surface area contributed by atoms with Crippen LogP contribution in [0, 0.1) is 0 Å². The van der Waals surface area contributed by atoms with Gasteiger partial charge in [0.15, 0.2) is 5.82 Å². The summed E-state index contributed by atoms with van der Waals surface area (Å²) in [5.74, 6) is 2.94. The minimum Gasteiger partial charge on any atom is -0.339 e. The van der Waals surface area contributed by atoms with Crippen LogP contribution in [-0.4, -0.2) is 28.0 Å². The second kappa shape index (κ2) is 8.03. The number of hydrogen-bond acceptors (Lipinski definition) is 5. The fourth-order valence-corrected chi connectivity index (χ4v) is 3.32. The van der Waals surface area contributed by atoms with Gasteiger partial charge >= 0.3 is 0 Å². The zero-order chi connectivity index (χ0) is 14.4. The Morgan fingerprint density at radius 2 is 2.15 bits per heavy atom. The number of thioether (sulfide) groups is 1. The molecule has 1 aromatic heterocycles. The average Bonchev–Trinajstić information content (AvgIpc) is 2.92.